The van der Waals surface area contributed by atoms with Crippen LogP contribution in [0.2, 0.25) is 0 Å². The van der Waals surface area contributed by atoms with Crippen molar-refractivity contribution in [3.63, 3.8) is 0 Å². The highest BCUT2D eigenvalue weighted by molar-refractivity contribution is 14.1. The van der Waals surface area contributed by atoms with Crippen LogP contribution in [0.4, 0.5) is 0 Å². The van der Waals surface area contributed by atoms with Crippen molar-refractivity contribution in [1.82, 2.24) is 9.78 Å². The van der Waals surface area contributed by atoms with Crippen LogP contribution >= 0.6 is 49.9 Å². The molecule has 0 atom stereocenters. The minimum Gasteiger partial charge on any atom is -0.294 e. The molecule has 2 aromatic heterocycles. The maximum atomic E-state index is 12.3. The molecule has 0 amide bonds. The Morgan fingerprint density at radius 3 is 2.79 bits per heavy atom. The lowest BCUT2D eigenvalue weighted by Crippen LogP contribution is -2.09. The van der Waals surface area contributed by atoms with Crippen LogP contribution in [-0.2, 0) is 19.4 Å². The Morgan fingerprint density at radius 2 is 2.26 bits per heavy atom. The monoisotopic (exact) mass is 452 g/mol. The first kappa shape index (κ1) is 15.2. The Hall–Kier alpha value is -0.210. The molecule has 0 aliphatic heterocycles. The first-order valence-electron chi connectivity index (χ1n) is 6.08. The summed E-state index contributed by atoms with van der Waals surface area (Å²) in [7, 11) is 0. The van der Waals surface area contributed by atoms with E-state index >= 15 is 0 Å². The fourth-order valence-electron chi connectivity index (χ4n) is 1.90. The number of hydrogen-bond donors (Lipinski definition) is 0. The summed E-state index contributed by atoms with van der Waals surface area (Å²) in [6.45, 7) is 4.89. The van der Waals surface area contributed by atoms with Gasteiger partial charge in [0.15, 0.2) is 5.78 Å². The third kappa shape index (κ3) is 3.28. The molecular weight excluding hydrogens is 439 g/mol. The van der Waals surface area contributed by atoms with Crippen LogP contribution in [-0.4, -0.2) is 15.6 Å². The number of rotatable bonds is 5. The fraction of sp³-hybridized carbons (Fsp3) is 0.385. The lowest BCUT2D eigenvalue weighted by molar-refractivity contribution is 0.0990. The standard InChI is InChI=1S/C13H14BrIN2OS/c1-3-9-13(14)10(17(4-2)16-9)6-11(18)8-5-12(15)19-7-8/h5,7H,3-4,6H2,1-2H3. The second kappa shape index (κ2) is 6.49. The van der Waals surface area contributed by atoms with Crippen LogP contribution in [0.5, 0.6) is 0 Å². The second-order valence-electron chi connectivity index (χ2n) is 4.12. The predicted molar refractivity (Wildman–Crippen MR) is 90.0 cm³/mol. The normalized spacial score (nSPS) is 10.9. The molecule has 0 unspecified atom stereocenters. The Bertz CT molecular complexity index is 606. The van der Waals surface area contributed by atoms with Crippen LogP contribution in [0.3, 0.4) is 0 Å². The molecule has 2 rings (SSSR count). The molecule has 0 bridgehead atoms. The van der Waals surface area contributed by atoms with Gasteiger partial charge in [-0.1, -0.05) is 6.92 Å². The molecule has 0 saturated carbocycles. The van der Waals surface area contributed by atoms with Crippen LogP contribution in [0.15, 0.2) is 15.9 Å². The minimum absolute atomic E-state index is 0.150. The van der Waals surface area contributed by atoms with Crippen molar-refractivity contribution >= 4 is 55.6 Å². The molecule has 0 N–H and O–H groups in total. The van der Waals surface area contributed by atoms with Gasteiger partial charge in [0.05, 0.1) is 25.2 Å². The van der Waals surface area contributed by atoms with Gasteiger partial charge in [0.1, 0.15) is 0 Å². The van der Waals surface area contributed by atoms with Gasteiger partial charge in [-0.2, -0.15) is 5.10 Å². The summed E-state index contributed by atoms with van der Waals surface area (Å²) in [6, 6.07) is 1.94. The SMILES string of the molecule is CCc1nn(CC)c(CC(=O)c2csc(I)c2)c1Br. The van der Waals surface area contributed by atoms with Gasteiger partial charge in [-0.25, -0.2) is 0 Å². The number of carbonyl (C=O) groups excluding carboxylic acids is 1. The Morgan fingerprint density at radius 1 is 1.53 bits per heavy atom. The molecule has 0 saturated heterocycles. The van der Waals surface area contributed by atoms with E-state index in [0.29, 0.717) is 6.42 Å². The van der Waals surface area contributed by atoms with Crippen molar-refractivity contribution in [3.05, 3.63) is 35.8 Å². The average Bonchev–Trinajstić information content (AvgIpc) is 2.95. The molecule has 19 heavy (non-hydrogen) atoms. The second-order valence-corrected chi connectivity index (χ2v) is 7.71. The number of halogens is 2. The Kier molecular flexibility index (Phi) is 5.19. The van der Waals surface area contributed by atoms with E-state index in [1.807, 2.05) is 23.1 Å². The zero-order chi connectivity index (χ0) is 14.0. The Labute approximate surface area is 138 Å². The highest BCUT2D eigenvalue weighted by atomic mass is 127. The van der Waals surface area contributed by atoms with Crippen LogP contribution in [0.25, 0.3) is 0 Å². The van der Waals surface area contributed by atoms with Gasteiger partial charge in [-0.05, 0) is 57.9 Å². The van der Waals surface area contributed by atoms with E-state index in [2.05, 4.69) is 50.5 Å². The highest BCUT2D eigenvalue weighted by Crippen LogP contribution is 2.25. The zero-order valence-electron chi connectivity index (χ0n) is 10.7. The van der Waals surface area contributed by atoms with E-state index in [-0.39, 0.29) is 5.78 Å². The van der Waals surface area contributed by atoms with E-state index in [9.17, 15) is 4.79 Å². The van der Waals surface area contributed by atoms with Gasteiger partial charge in [0, 0.05) is 17.5 Å². The highest BCUT2D eigenvalue weighted by Gasteiger charge is 2.18. The quantitative estimate of drug-likeness (QED) is 0.500. The molecule has 102 valence electrons. The van der Waals surface area contributed by atoms with Crippen LogP contribution in [0, 0.1) is 2.88 Å². The van der Waals surface area contributed by atoms with Gasteiger partial charge in [0.2, 0.25) is 0 Å². The summed E-state index contributed by atoms with van der Waals surface area (Å²) >= 11 is 7.41. The number of hydrogen-bond acceptors (Lipinski definition) is 3. The molecule has 0 aliphatic carbocycles. The zero-order valence-corrected chi connectivity index (χ0v) is 15.3. The molecule has 2 heterocycles. The molecule has 2 aromatic rings. The first-order valence-corrected chi connectivity index (χ1v) is 8.83. The number of aromatic nitrogens is 2. The van der Waals surface area contributed by atoms with Crippen LogP contribution in [0.1, 0.15) is 35.6 Å². The summed E-state index contributed by atoms with van der Waals surface area (Å²) < 4.78 is 4.03. The Balaban J connectivity index is 2.28. The topological polar surface area (TPSA) is 34.9 Å². The number of Topliss-reactive ketones (excluding diaryl/α,β-unsaturated/α-hetero) is 1. The van der Waals surface area contributed by atoms with Gasteiger partial charge in [-0.15, -0.1) is 11.3 Å². The molecule has 0 aliphatic rings. The van der Waals surface area contributed by atoms with E-state index in [0.717, 1.165) is 37.3 Å². The summed E-state index contributed by atoms with van der Waals surface area (Å²) in [5, 5.41) is 6.44. The third-order valence-electron chi connectivity index (χ3n) is 2.91. The number of aryl methyl sites for hydroxylation is 2. The van der Waals surface area contributed by atoms with Crippen molar-refractivity contribution in [3.8, 4) is 0 Å². The van der Waals surface area contributed by atoms with Gasteiger partial charge < -0.3 is 0 Å². The molecular formula is C13H14BrIN2OS. The number of carbonyl (C=O) groups is 1. The number of ketones is 1. The van der Waals surface area contributed by atoms with E-state index < -0.39 is 0 Å². The van der Waals surface area contributed by atoms with Crippen molar-refractivity contribution in [2.24, 2.45) is 0 Å². The van der Waals surface area contributed by atoms with Crippen molar-refractivity contribution < 1.29 is 4.79 Å². The lowest BCUT2D eigenvalue weighted by Gasteiger charge is -2.04. The van der Waals surface area contributed by atoms with Gasteiger partial charge in [0.25, 0.3) is 0 Å². The molecule has 3 nitrogen and oxygen atoms in total. The van der Waals surface area contributed by atoms with Gasteiger partial charge >= 0.3 is 0 Å². The lowest BCUT2D eigenvalue weighted by atomic mass is 10.1. The van der Waals surface area contributed by atoms with E-state index in [1.165, 1.54) is 0 Å². The number of nitrogens with zero attached hydrogens (tertiary/aromatic N) is 2. The molecule has 6 heteroatoms. The largest absolute Gasteiger partial charge is 0.294 e. The molecule has 0 aromatic carbocycles. The van der Waals surface area contributed by atoms with Crippen molar-refractivity contribution in [1.29, 1.82) is 0 Å². The number of thiophene rings is 1. The van der Waals surface area contributed by atoms with Crippen LogP contribution < -0.4 is 0 Å². The minimum atomic E-state index is 0.150. The first-order chi connectivity index (χ1) is 9.06. The maximum Gasteiger partial charge on any atom is 0.169 e. The molecule has 0 radical (unpaired) electrons. The summed E-state index contributed by atoms with van der Waals surface area (Å²) in [6.07, 6.45) is 1.26. The fourth-order valence-corrected chi connectivity index (χ4v) is 3.95. The van der Waals surface area contributed by atoms with E-state index in [4.69, 9.17) is 0 Å². The summed E-state index contributed by atoms with van der Waals surface area (Å²) in [4.78, 5) is 12.3. The predicted octanol–water partition coefficient (Wildman–Crippen LogP) is 4.32. The van der Waals surface area contributed by atoms with Gasteiger partial charge in [-0.3, -0.25) is 9.48 Å². The van der Waals surface area contributed by atoms with Crippen molar-refractivity contribution in [2.45, 2.75) is 33.2 Å². The summed E-state index contributed by atoms with van der Waals surface area (Å²) in [5.41, 5.74) is 2.79. The van der Waals surface area contributed by atoms with Crippen molar-refractivity contribution in [2.75, 3.05) is 0 Å². The molecule has 0 spiro atoms. The summed E-state index contributed by atoms with van der Waals surface area (Å²) in [5.74, 6) is 0.150. The maximum absolute atomic E-state index is 12.3. The van der Waals surface area contributed by atoms with E-state index in [1.54, 1.807) is 11.3 Å². The molecule has 0 fully saturated rings. The third-order valence-corrected chi connectivity index (χ3v) is 5.62. The average molecular weight is 453 g/mol. The smallest absolute Gasteiger partial charge is 0.169 e.